The molecule has 1 amide bonds. The number of methoxy groups -OCH3 is 1. The maximum absolute atomic E-state index is 13.9. The quantitative estimate of drug-likeness (QED) is 0.930. The summed E-state index contributed by atoms with van der Waals surface area (Å²) in [4.78, 5) is 14.3. The van der Waals surface area contributed by atoms with Crippen LogP contribution in [0, 0.1) is 11.7 Å². The van der Waals surface area contributed by atoms with Gasteiger partial charge in [-0.1, -0.05) is 13.0 Å². The molecule has 2 aliphatic rings. The summed E-state index contributed by atoms with van der Waals surface area (Å²) < 4.78 is 18.9. The molecule has 1 N–H and O–H groups in total. The lowest BCUT2D eigenvalue weighted by Gasteiger charge is -2.42. The van der Waals surface area contributed by atoms with E-state index in [-0.39, 0.29) is 29.9 Å². The number of halogens is 1. The number of carbonyl (C=O) groups is 1. The number of hydrogen-bond acceptors (Lipinski definition) is 3. The lowest BCUT2D eigenvalue weighted by molar-refractivity contribution is -0.134. The molecule has 0 radical (unpaired) electrons. The van der Waals surface area contributed by atoms with Crippen molar-refractivity contribution in [3.8, 4) is 5.75 Å². The number of nitrogens with zero attached hydrogens (tertiary/aromatic N) is 1. The SMILES string of the molecule is COc1ccc(C2NC(C)C(=O)N2C2CC(C)C2)cc1F. The summed E-state index contributed by atoms with van der Waals surface area (Å²) in [6.07, 6.45) is 1.80. The Labute approximate surface area is 124 Å². The molecule has 1 saturated heterocycles. The normalized spacial score (nSPS) is 32.2. The van der Waals surface area contributed by atoms with Gasteiger partial charge in [0.15, 0.2) is 11.6 Å². The van der Waals surface area contributed by atoms with Crippen molar-refractivity contribution in [1.82, 2.24) is 10.2 Å². The van der Waals surface area contributed by atoms with Crippen LogP contribution in [0.4, 0.5) is 4.39 Å². The fourth-order valence-corrected chi connectivity index (χ4v) is 3.33. The smallest absolute Gasteiger partial charge is 0.241 e. The Bertz CT molecular complexity index is 557. The second kappa shape index (κ2) is 5.30. The zero-order chi connectivity index (χ0) is 15.1. The van der Waals surface area contributed by atoms with E-state index in [1.807, 2.05) is 17.9 Å². The van der Waals surface area contributed by atoms with Gasteiger partial charge in [-0.3, -0.25) is 10.1 Å². The third-order valence-corrected chi connectivity index (χ3v) is 4.54. The Balaban J connectivity index is 1.88. The highest BCUT2D eigenvalue weighted by molar-refractivity contribution is 5.84. The van der Waals surface area contributed by atoms with Crippen LogP contribution in [0.2, 0.25) is 0 Å². The number of benzene rings is 1. The number of amides is 1. The van der Waals surface area contributed by atoms with Gasteiger partial charge in [0.1, 0.15) is 6.17 Å². The van der Waals surface area contributed by atoms with Gasteiger partial charge in [0, 0.05) is 6.04 Å². The second-order valence-electron chi connectivity index (χ2n) is 6.16. The molecule has 2 fully saturated rings. The van der Waals surface area contributed by atoms with Crippen LogP contribution in [0.3, 0.4) is 0 Å². The van der Waals surface area contributed by atoms with Crippen molar-refractivity contribution in [3.05, 3.63) is 29.6 Å². The van der Waals surface area contributed by atoms with Crippen LogP contribution in [0.25, 0.3) is 0 Å². The second-order valence-corrected chi connectivity index (χ2v) is 6.16. The number of hydrogen-bond donors (Lipinski definition) is 1. The molecule has 0 aromatic heterocycles. The first-order chi connectivity index (χ1) is 10.0. The predicted molar refractivity (Wildman–Crippen MR) is 77.3 cm³/mol. The molecule has 21 heavy (non-hydrogen) atoms. The van der Waals surface area contributed by atoms with Gasteiger partial charge in [-0.2, -0.15) is 0 Å². The van der Waals surface area contributed by atoms with Crippen molar-refractivity contribution in [2.75, 3.05) is 7.11 Å². The summed E-state index contributed by atoms with van der Waals surface area (Å²) in [6.45, 7) is 4.05. The standard InChI is InChI=1S/C16H21FN2O2/c1-9-6-12(7-9)19-15(18-10(2)16(19)20)11-4-5-14(21-3)13(17)8-11/h4-5,8-10,12,15,18H,6-7H2,1-3H3. The van der Waals surface area contributed by atoms with Gasteiger partial charge in [0.2, 0.25) is 5.91 Å². The molecule has 2 atom stereocenters. The first-order valence-corrected chi connectivity index (χ1v) is 7.43. The molecular weight excluding hydrogens is 271 g/mol. The molecule has 114 valence electrons. The first kappa shape index (κ1) is 14.3. The summed E-state index contributed by atoms with van der Waals surface area (Å²) in [5.41, 5.74) is 0.769. The molecule has 1 aromatic carbocycles. The average molecular weight is 292 g/mol. The zero-order valence-electron chi connectivity index (χ0n) is 12.6. The van der Waals surface area contributed by atoms with E-state index in [4.69, 9.17) is 4.74 Å². The van der Waals surface area contributed by atoms with Crippen molar-refractivity contribution in [2.45, 2.75) is 44.9 Å². The largest absolute Gasteiger partial charge is 0.494 e. The number of ether oxygens (including phenoxy) is 1. The molecule has 1 aliphatic heterocycles. The third-order valence-electron chi connectivity index (χ3n) is 4.54. The lowest BCUT2D eigenvalue weighted by Crippen LogP contribution is -2.47. The van der Waals surface area contributed by atoms with E-state index in [1.54, 1.807) is 6.07 Å². The maximum Gasteiger partial charge on any atom is 0.241 e. The van der Waals surface area contributed by atoms with Crippen LogP contribution in [-0.2, 0) is 4.79 Å². The Morgan fingerprint density at radius 2 is 2.05 bits per heavy atom. The van der Waals surface area contributed by atoms with Crippen LogP contribution in [0.5, 0.6) is 5.75 Å². The molecule has 0 spiro atoms. The minimum atomic E-state index is -0.397. The number of carbonyl (C=O) groups excluding carboxylic acids is 1. The van der Waals surface area contributed by atoms with Crippen LogP contribution in [0.15, 0.2) is 18.2 Å². The summed E-state index contributed by atoms with van der Waals surface area (Å²) in [6, 6.07) is 4.93. The van der Waals surface area contributed by atoms with Crippen molar-refractivity contribution >= 4 is 5.91 Å². The Morgan fingerprint density at radius 3 is 2.62 bits per heavy atom. The summed E-state index contributed by atoms with van der Waals surface area (Å²) in [5, 5.41) is 3.27. The van der Waals surface area contributed by atoms with Gasteiger partial charge in [0.25, 0.3) is 0 Å². The molecule has 2 unspecified atom stereocenters. The van der Waals surface area contributed by atoms with Gasteiger partial charge in [-0.15, -0.1) is 0 Å². The van der Waals surface area contributed by atoms with Crippen molar-refractivity contribution in [2.24, 2.45) is 5.92 Å². The molecule has 1 aliphatic carbocycles. The Kier molecular flexibility index (Phi) is 3.61. The minimum absolute atomic E-state index is 0.105. The molecule has 5 heteroatoms. The van der Waals surface area contributed by atoms with Crippen LogP contribution >= 0.6 is 0 Å². The predicted octanol–water partition coefficient (Wildman–Crippen LogP) is 2.45. The van der Waals surface area contributed by atoms with Crippen molar-refractivity contribution in [3.63, 3.8) is 0 Å². The van der Waals surface area contributed by atoms with E-state index in [9.17, 15) is 9.18 Å². The van der Waals surface area contributed by atoms with E-state index in [0.29, 0.717) is 5.92 Å². The highest BCUT2D eigenvalue weighted by atomic mass is 19.1. The van der Waals surface area contributed by atoms with Gasteiger partial charge in [0.05, 0.1) is 13.2 Å². The summed E-state index contributed by atoms with van der Waals surface area (Å²) in [5.74, 6) is 0.589. The highest BCUT2D eigenvalue weighted by Crippen LogP contribution is 2.38. The first-order valence-electron chi connectivity index (χ1n) is 7.43. The average Bonchev–Trinajstić information content (AvgIpc) is 2.71. The number of nitrogens with one attached hydrogen (secondary N) is 1. The van der Waals surface area contributed by atoms with E-state index < -0.39 is 5.82 Å². The topological polar surface area (TPSA) is 41.6 Å². The molecule has 4 nitrogen and oxygen atoms in total. The molecule has 1 aromatic rings. The summed E-state index contributed by atoms with van der Waals surface area (Å²) in [7, 11) is 1.44. The lowest BCUT2D eigenvalue weighted by atomic mass is 9.80. The van der Waals surface area contributed by atoms with Crippen molar-refractivity contribution < 1.29 is 13.9 Å². The third kappa shape index (κ3) is 2.39. The van der Waals surface area contributed by atoms with Crippen LogP contribution < -0.4 is 10.1 Å². The fourth-order valence-electron chi connectivity index (χ4n) is 3.33. The van der Waals surface area contributed by atoms with E-state index in [1.165, 1.54) is 13.2 Å². The van der Waals surface area contributed by atoms with Gasteiger partial charge in [-0.25, -0.2) is 4.39 Å². The molecule has 3 rings (SSSR count). The summed E-state index contributed by atoms with van der Waals surface area (Å²) >= 11 is 0. The van der Waals surface area contributed by atoms with Crippen molar-refractivity contribution in [1.29, 1.82) is 0 Å². The van der Waals surface area contributed by atoms with E-state index in [2.05, 4.69) is 12.2 Å². The fraction of sp³-hybridized carbons (Fsp3) is 0.562. The van der Waals surface area contributed by atoms with Gasteiger partial charge < -0.3 is 9.64 Å². The molecule has 1 heterocycles. The van der Waals surface area contributed by atoms with Crippen LogP contribution in [0.1, 0.15) is 38.4 Å². The van der Waals surface area contributed by atoms with Gasteiger partial charge >= 0.3 is 0 Å². The Morgan fingerprint density at radius 1 is 1.33 bits per heavy atom. The maximum atomic E-state index is 13.9. The number of rotatable bonds is 3. The van der Waals surface area contributed by atoms with Crippen LogP contribution in [-0.4, -0.2) is 30.0 Å². The van der Waals surface area contributed by atoms with Gasteiger partial charge in [-0.05, 0) is 43.4 Å². The molecule has 1 saturated carbocycles. The zero-order valence-corrected chi connectivity index (χ0v) is 12.6. The minimum Gasteiger partial charge on any atom is -0.494 e. The Hall–Kier alpha value is -1.62. The highest BCUT2D eigenvalue weighted by Gasteiger charge is 2.44. The molecule has 0 bridgehead atoms. The molecular formula is C16H21FN2O2. The van der Waals surface area contributed by atoms with E-state index >= 15 is 0 Å². The van der Waals surface area contributed by atoms with E-state index in [0.717, 1.165) is 18.4 Å². The monoisotopic (exact) mass is 292 g/mol.